The molecule has 0 fully saturated rings. The lowest BCUT2D eigenvalue weighted by Crippen LogP contribution is -2.14. The molecular weight excluding hydrogens is 563 g/mol. The molecule has 7 aromatic carbocycles. The number of hydrogen-bond donors (Lipinski definition) is 0. The van der Waals surface area contributed by atoms with Gasteiger partial charge < -0.3 is 0 Å². The fourth-order valence-electron chi connectivity index (χ4n) is 7.57. The Labute approximate surface area is 267 Å². The van der Waals surface area contributed by atoms with Crippen molar-refractivity contribution < 1.29 is 0 Å². The van der Waals surface area contributed by atoms with Crippen LogP contribution < -0.4 is 0 Å². The molecule has 0 radical (unpaired) electrons. The summed E-state index contributed by atoms with van der Waals surface area (Å²) < 4.78 is 1.22. The number of aromatic nitrogens is 1. The number of benzene rings is 7. The van der Waals surface area contributed by atoms with Gasteiger partial charge in [0.05, 0.1) is 10.2 Å². The Morgan fingerprint density at radius 3 is 1.93 bits per heavy atom. The Morgan fingerprint density at radius 1 is 0.511 bits per heavy atom. The minimum absolute atomic E-state index is 0.00738. The first-order valence-corrected chi connectivity index (χ1v) is 16.5. The second-order valence-electron chi connectivity index (χ2n) is 12.8. The van der Waals surface area contributed by atoms with E-state index < -0.39 is 0 Å². The zero-order chi connectivity index (χ0) is 30.3. The van der Waals surface area contributed by atoms with Gasteiger partial charge in [0.25, 0.3) is 0 Å². The zero-order valence-electron chi connectivity index (χ0n) is 25.6. The van der Waals surface area contributed by atoms with Crippen molar-refractivity contribution in [3.8, 4) is 44.0 Å². The highest BCUT2D eigenvalue weighted by molar-refractivity contribution is 7.21. The van der Waals surface area contributed by atoms with Crippen LogP contribution >= 0.6 is 11.3 Å². The van der Waals surface area contributed by atoms with Crippen molar-refractivity contribution in [2.45, 2.75) is 26.2 Å². The quantitative estimate of drug-likeness (QED) is 0.186. The highest BCUT2D eigenvalue weighted by Crippen LogP contribution is 2.51. The number of thiazole rings is 1. The van der Waals surface area contributed by atoms with Gasteiger partial charge in [0, 0.05) is 11.0 Å². The van der Waals surface area contributed by atoms with Gasteiger partial charge in [-0.2, -0.15) is 0 Å². The van der Waals surface area contributed by atoms with Crippen molar-refractivity contribution in [1.82, 2.24) is 4.98 Å². The number of para-hydroxylation sites is 1. The van der Waals surface area contributed by atoms with Gasteiger partial charge in [0.2, 0.25) is 0 Å². The molecule has 1 aliphatic rings. The van der Waals surface area contributed by atoms with Crippen molar-refractivity contribution in [2.75, 3.05) is 0 Å². The van der Waals surface area contributed by atoms with Crippen LogP contribution in [0.15, 0.2) is 133 Å². The summed E-state index contributed by atoms with van der Waals surface area (Å²) >= 11 is 1.75. The second-order valence-corrected chi connectivity index (χ2v) is 13.9. The van der Waals surface area contributed by atoms with Gasteiger partial charge in [-0.15, -0.1) is 11.3 Å². The minimum atomic E-state index is -0.00738. The van der Waals surface area contributed by atoms with Gasteiger partial charge >= 0.3 is 0 Å². The summed E-state index contributed by atoms with van der Waals surface area (Å²) in [5.74, 6) is 0. The lowest BCUT2D eigenvalue weighted by atomic mass is 9.81. The molecule has 9 rings (SSSR count). The van der Waals surface area contributed by atoms with Crippen LogP contribution in [-0.2, 0) is 5.41 Å². The summed E-state index contributed by atoms with van der Waals surface area (Å²) in [5.41, 5.74) is 14.1. The van der Waals surface area contributed by atoms with Crippen LogP contribution in [0.4, 0.5) is 0 Å². The Hall–Kier alpha value is -5.05. The predicted molar refractivity (Wildman–Crippen MR) is 193 cm³/mol. The van der Waals surface area contributed by atoms with E-state index in [2.05, 4.69) is 154 Å². The van der Waals surface area contributed by atoms with E-state index in [1.807, 2.05) is 0 Å². The molecule has 0 aliphatic heterocycles. The highest BCUT2D eigenvalue weighted by Gasteiger charge is 2.35. The standard InChI is InChI=1S/C43H31NS/c1-26-16-22-33-35(24-26)41(29-21-23-37-34(25-29)30-10-6-7-13-36(30)43(37,2)3)32-12-5-4-11-31(32)40(33)27-17-19-28(20-18-27)42-44-38-14-8-9-15-39(38)45-42/h4-25H,1-3H3. The van der Waals surface area contributed by atoms with Gasteiger partial charge in [-0.25, -0.2) is 4.98 Å². The van der Waals surface area contributed by atoms with Gasteiger partial charge in [0.1, 0.15) is 5.01 Å². The molecule has 1 heterocycles. The van der Waals surface area contributed by atoms with Gasteiger partial charge in [0.15, 0.2) is 0 Å². The smallest absolute Gasteiger partial charge is 0.124 e. The first-order chi connectivity index (χ1) is 22.0. The van der Waals surface area contributed by atoms with Crippen LogP contribution in [0.25, 0.3) is 75.7 Å². The maximum atomic E-state index is 4.91. The second kappa shape index (κ2) is 9.72. The lowest BCUT2D eigenvalue weighted by Gasteiger charge is -2.22. The van der Waals surface area contributed by atoms with Gasteiger partial charge in [-0.1, -0.05) is 135 Å². The maximum Gasteiger partial charge on any atom is 0.124 e. The normalized spacial score (nSPS) is 13.4. The molecule has 0 saturated heterocycles. The Bertz CT molecular complexity index is 2430. The number of aryl methyl sites for hydroxylation is 1. The number of fused-ring (bicyclic) bond motifs is 6. The molecule has 1 nitrogen and oxygen atoms in total. The molecule has 0 amide bonds. The average Bonchev–Trinajstić information content (AvgIpc) is 3.60. The summed E-state index contributed by atoms with van der Waals surface area (Å²) in [6.45, 7) is 6.90. The summed E-state index contributed by atoms with van der Waals surface area (Å²) in [7, 11) is 0. The highest BCUT2D eigenvalue weighted by atomic mass is 32.1. The van der Waals surface area contributed by atoms with Crippen LogP contribution in [0.1, 0.15) is 30.5 Å². The van der Waals surface area contributed by atoms with Crippen LogP contribution in [0.2, 0.25) is 0 Å². The molecule has 2 heteroatoms. The van der Waals surface area contributed by atoms with Crippen LogP contribution in [0.3, 0.4) is 0 Å². The molecule has 214 valence electrons. The monoisotopic (exact) mass is 593 g/mol. The minimum Gasteiger partial charge on any atom is -0.236 e. The van der Waals surface area contributed by atoms with E-state index in [9.17, 15) is 0 Å². The molecule has 0 atom stereocenters. The number of nitrogens with zero attached hydrogens (tertiary/aromatic N) is 1. The van der Waals surface area contributed by atoms with E-state index in [1.165, 1.54) is 76.3 Å². The molecule has 0 bridgehead atoms. The van der Waals surface area contributed by atoms with Gasteiger partial charge in [-0.05, 0) is 91.2 Å². The Balaban J connectivity index is 1.26. The SMILES string of the molecule is Cc1ccc2c(-c3ccc(-c4nc5ccccc5s4)cc3)c3ccccc3c(-c3ccc4c(c3)-c3ccccc3C4(C)C)c2c1. The van der Waals surface area contributed by atoms with Crippen LogP contribution in [0, 0.1) is 6.92 Å². The molecule has 0 spiro atoms. The first-order valence-electron chi connectivity index (χ1n) is 15.6. The zero-order valence-corrected chi connectivity index (χ0v) is 26.4. The van der Waals surface area contributed by atoms with E-state index in [4.69, 9.17) is 4.98 Å². The van der Waals surface area contributed by atoms with E-state index in [0.717, 1.165) is 16.1 Å². The fraction of sp³-hybridized carbons (Fsp3) is 0.0930. The number of hydrogen-bond acceptors (Lipinski definition) is 2. The van der Waals surface area contributed by atoms with Gasteiger partial charge in [-0.3, -0.25) is 0 Å². The molecule has 45 heavy (non-hydrogen) atoms. The molecule has 0 unspecified atom stereocenters. The third-order valence-corrected chi connectivity index (χ3v) is 10.9. The molecule has 1 aromatic heterocycles. The molecular formula is C43H31NS. The van der Waals surface area contributed by atoms with Crippen LogP contribution in [0.5, 0.6) is 0 Å². The van der Waals surface area contributed by atoms with Crippen molar-refractivity contribution in [1.29, 1.82) is 0 Å². The number of rotatable bonds is 3. The summed E-state index contributed by atoms with van der Waals surface area (Å²) in [4.78, 5) is 4.91. The molecule has 8 aromatic rings. The van der Waals surface area contributed by atoms with Crippen LogP contribution in [-0.4, -0.2) is 4.98 Å². The molecule has 0 N–H and O–H groups in total. The maximum absolute atomic E-state index is 4.91. The lowest BCUT2D eigenvalue weighted by molar-refractivity contribution is 0.660. The fourth-order valence-corrected chi connectivity index (χ4v) is 8.54. The average molecular weight is 594 g/mol. The van der Waals surface area contributed by atoms with E-state index in [1.54, 1.807) is 11.3 Å². The van der Waals surface area contributed by atoms with E-state index in [0.29, 0.717) is 0 Å². The van der Waals surface area contributed by atoms with Crippen molar-refractivity contribution in [2.24, 2.45) is 0 Å². The summed E-state index contributed by atoms with van der Waals surface area (Å²) in [5, 5.41) is 6.20. The largest absolute Gasteiger partial charge is 0.236 e. The van der Waals surface area contributed by atoms with E-state index >= 15 is 0 Å². The Morgan fingerprint density at radius 2 is 1.13 bits per heavy atom. The molecule has 1 aliphatic carbocycles. The van der Waals surface area contributed by atoms with Crippen molar-refractivity contribution in [3.05, 3.63) is 150 Å². The van der Waals surface area contributed by atoms with E-state index in [-0.39, 0.29) is 5.41 Å². The van der Waals surface area contributed by atoms with Crippen molar-refractivity contribution >= 4 is 43.1 Å². The summed E-state index contributed by atoms with van der Waals surface area (Å²) in [6.07, 6.45) is 0. The predicted octanol–water partition coefficient (Wildman–Crippen LogP) is 12.2. The first kappa shape index (κ1) is 26.4. The third kappa shape index (κ3) is 3.96. The Kier molecular flexibility index (Phi) is 5.70. The topological polar surface area (TPSA) is 12.9 Å². The van der Waals surface area contributed by atoms with Crippen molar-refractivity contribution in [3.63, 3.8) is 0 Å². The third-order valence-electron chi connectivity index (χ3n) is 9.77. The summed E-state index contributed by atoms with van der Waals surface area (Å²) in [6, 6.07) is 49.4. The molecule has 0 saturated carbocycles.